The van der Waals surface area contributed by atoms with Gasteiger partial charge in [-0.1, -0.05) is 5.16 Å². The van der Waals surface area contributed by atoms with Crippen LogP contribution in [0.25, 0.3) is 0 Å². The highest BCUT2D eigenvalue weighted by Crippen LogP contribution is 2.22. The van der Waals surface area contributed by atoms with Gasteiger partial charge in [0.25, 0.3) is 0 Å². The van der Waals surface area contributed by atoms with Crippen LogP contribution in [-0.4, -0.2) is 30.7 Å². The first-order valence-corrected chi connectivity index (χ1v) is 3.72. The number of hydrogen-bond donors (Lipinski definition) is 1. The van der Waals surface area contributed by atoms with Gasteiger partial charge >= 0.3 is 0 Å². The Hall–Kier alpha value is -0.900. The summed E-state index contributed by atoms with van der Waals surface area (Å²) in [6.45, 7) is 2.32. The molecule has 11 heavy (non-hydrogen) atoms. The maximum Gasteiger partial charge on any atom is 0.149 e. The number of carbonyl (C=O) groups is 1. The lowest BCUT2D eigenvalue weighted by Crippen LogP contribution is -2.34. The maximum atomic E-state index is 11.0. The van der Waals surface area contributed by atoms with Crippen LogP contribution in [0.3, 0.4) is 0 Å². The normalized spacial score (nSPS) is 40.3. The first kappa shape index (κ1) is 6.79. The second-order valence-corrected chi connectivity index (χ2v) is 2.97. The van der Waals surface area contributed by atoms with Crippen LogP contribution in [0.1, 0.15) is 6.92 Å². The fourth-order valence-corrected chi connectivity index (χ4v) is 1.62. The van der Waals surface area contributed by atoms with Crippen LogP contribution >= 0.6 is 0 Å². The van der Waals surface area contributed by atoms with E-state index in [9.17, 15) is 4.79 Å². The molecule has 0 spiro atoms. The molecular formula is C7H10N2O2. The van der Waals surface area contributed by atoms with Crippen molar-refractivity contribution in [2.24, 2.45) is 11.1 Å². The molecule has 3 atom stereocenters. The lowest BCUT2D eigenvalue weighted by molar-refractivity contribution is -0.119. The average Bonchev–Trinajstić information content (AvgIpc) is 2.41. The molecule has 0 aromatic rings. The lowest BCUT2D eigenvalue weighted by atomic mass is 9.98. The Kier molecular flexibility index (Phi) is 1.42. The molecule has 2 rings (SSSR count). The predicted molar refractivity (Wildman–Crippen MR) is 39.3 cm³/mol. The summed E-state index contributed by atoms with van der Waals surface area (Å²) in [5.74, 6) is 0.321. The van der Waals surface area contributed by atoms with Gasteiger partial charge in [0.1, 0.15) is 11.9 Å². The molecule has 1 saturated heterocycles. The number of Topliss-reactive ketones (excluding diaryl/α,β-unsaturated/α-hetero) is 1. The number of hydrogen-bond acceptors (Lipinski definition) is 4. The number of nitrogens with one attached hydrogen (secondary N) is 1. The summed E-state index contributed by atoms with van der Waals surface area (Å²) in [6.07, 6.45) is 1.81. The van der Waals surface area contributed by atoms with E-state index in [1.54, 1.807) is 13.1 Å². The van der Waals surface area contributed by atoms with Gasteiger partial charge in [-0.2, -0.15) is 0 Å². The number of fused-ring (bicyclic) bond motifs is 1. The summed E-state index contributed by atoms with van der Waals surface area (Å²) in [6, 6.07) is -0.0775. The van der Waals surface area contributed by atoms with Gasteiger partial charge in [0.2, 0.25) is 0 Å². The molecule has 2 aliphatic heterocycles. The maximum absolute atomic E-state index is 11.0. The molecule has 3 unspecified atom stereocenters. The predicted octanol–water partition coefficient (Wildman–Crippen LogP) is -0.452. The second kappa shape index (κ2) is 2.30. The van der Waals surface area contributed by atoms with E-state index < -0.39 is 0 Å². The van der Waals surface area contributed by atoms with Crippen molar-refractivity contribution in [1.29, 1.82) is 0 Å². The third-order valence-corrected chi connectivity index (χ3v) is 2.22. The molecule has 0 radical (unpaired) electrons. The van der Waals surface area contributed by atoms with Crippen molar-refractivity contribution in [2.45, 2.75) is 19.1 Å². The van der Waals surface area contributed by atoms with Crippen molar-refractivity contribution in [3.05, 3.63) is 0 Å². The number of rotatable bonds is 1. The van der Waals surface area contributed by atoms with E-state index in [0.29, 0.717) is 0 Å². The number of carbonyl (C=O) groups excluding carboxylic acids is 1. The zero-order valence-corrected chi connectivity index (χ0v) is 6.28. The Bertz CT molecular complexity index is 214. The van der Waals surface area contributed by atoms with Gasteiger partial charge in [0.05, 0.1) is 18.2 Å². The van der Waals surface area contributed by atoms with Crippen molar-refractivity contribution in [3.8, 4) is 0 Å². The molecule has 0 bridgehead atoms. The fourth-order valence-electron chi connectivity index (χ4n) is 1.62. The van der Waals surface area contributed by atoms with Crippen LogP contribution in [0.5, 0.6) is 0 Å². The quantitative estimate of drug-likeness (QED) is 0.556. The summed E-state index contributed by atoms with van der Waals surface area (Å²) in [7, 11) is 0. The molecule has 1 fully saturated rings. The molecule has 2 heterocycles. The summed E-state index contributed by atoms with van der Waals surface area (Å²) in [4.78, 5) is 16.0. The van der Waals surface area contributed by atoms with Crippen LogP contribution in [0.15, 0.2) is 5.16 Å². The monoisotopic (exact) mass is 154 g/mol. The zero-order chi connectivity index (χ0) is 7.84. The Morgan fingerprint density at radius 1 is 1.82 bits per heavy atom. The molecule has 0 aromatic carbocycles. The van der Waals surface area contributed by atoms with E-state index in [0.717, 1.165) is 6.54 Å². The minimum absolute atomic E-state index is 0.0775. The van der Waals surface area contributed by atoms with Gasteiger partial charge < -0.3 is 10.2 Å². The Labute approximate surface area is 64.6 Å². The van der Waals surface area contributed by atoms with Gasteiger partial charge in [0, 0.05) is 6.54 Å². The molecule has 0 aromatic heterocycles. The van der Waals surface area contributed by atoms with Crippen molar-refractivity contribution < 1.29 is 9.63 Å². The smallest absolute Gasteiger partial charge is 0.149 e. The van der Waals surface area contributed by atoms with Crippen LogP contribution in [0.4, 0.5) is 0 Å². The first-order chi connectivity index (χ1) is 5.29. The van der Waals surface area contributed by atoms with Gasteiger partial charge in [0.15, 0.2) is 0 Å². The van der Waals surface area contributed by atoms with Gasteiger partial charge in [-0.15, -0.1) is 0 Å². The lowest BCUT2D eigenvalue weighted by Gasteiger charge is -2.09. The number of oxime groups is 1. The SMILES string of the molecule is CC(=O)C1NCC2ON=CC21. The largest absolute Gasteiger partial charge is 0.391 e. The third kappa shape index (κ3) is 0.939. The fraction of sp³-hybridized carbons (Fsp3) is 0.714. The summed E-state index contributed by atoms with van der Waals surface area (Å²) < 4.78 is 0. The average molecular weight is 154 g/mol. The molecule has 4 heteroatoms. The summed E-state index contributed by atoms with van der Waals surface area (Å²) in [5, 5.41) is 6.78. The van der Waals surface area contributed by atoms with E-state index in [4.69, 9.17) is 4.84 Å². The van der Waals surface area contributed by atoms with E-state index in [1.165, 1.54) is 0 Å². The molecule has 0 aliphatic carbocycles. The van der Waals surface area contributed by atoms with E-state index >= 15 is 0 Å². The van der Waals surface area contributed by atoms with Crippen molar-refractivity contribution in [3.63, 3.8) is 0 Å². The first-order valence-electron chi connectivity index (χ1n) is 3.72. The van der Waals surface area contributed by atoms with Crippen molar-refractivity contribution in [2.75, 3.05) is 6.54 Å². The molecule has 2 aliphatic rings. The van der Waals surface area contributed by atoms with E-state index in [1.807, 2.05) is 0 Å². The minimum atomic E-state index is -0.0775. The van der Waals surface area contributed by atoms with Crippen molar-refractivity contribution >= 4 is 12.0 Å². The van der Waals surface area contributed by atoms with Gasteiger partial charge in [-0.05, 0) is 6.92 Å². The van der Waals surface area contributed by atoms with Crippen LogP contribution < -0.4 is 5.32 Å². The molecule has 4 nitrogen and oxygen atoms in total. The molecule has 0 amide bonds. The topological polar surface area (TPSA) is 50.7 Å². The van der Waals surface area contributed by atoms with E-state index in [2.05, 4.69) is 10.5 Å². The van der Waals surface area contributed by atoms with Gasteiger partial charge in [-0.3, -0.25) is 4.79 Å². The van der Waals surface area contributed by atoms with Crippen molar-refractivity contribution in [1.82, 2.24) is 5.32 Å². The number of nitrogens with zero attached hydrogens (tertiary/aromatic N) is 1. The molecular weight excluding hydrogens is 144 g/mol. The minimum Gasteiger partial charge on any atom is -0.391 e. The summed E-state index contributed by atoms with van der Waals surface area (Å²) >= 11 is 0. The zero-order valence-electron chi connectivity index (χ0n) is 6.28. The van der Waals surface area contributed by atoms with Gasteiger partial charge in [-0.25, -0.2) is 0 Å². The molecule has 0 saturated carbocycles. The Morgan fingerprint density at radius 3 is 3.36 bits per heavy atom. The highest BCUT2D eigenvalue weighted by Gasteiger charge is 2.41. The highest BCUT2D eigenvalue weighted by atomic mass is 16.6. The highest BCUT2D eigenvalue weighted by molar-refractivity contribution is 5.86. The number of ketones is 1. The standard InChI is InChI=1S/C7H10N2O2/c1-4(10)7-5-2-9-11-6(5)3-8-7/h2,5-8H,3H2,1H3. The second-order valence-electron chi connectivity index (χ2n) is 2.97. The molecule has 1 N–H and O–H groups in total. The van der Waals surface area contributed by atoms with Crippen LogP contribution in [-0.2, 0) is 9.63 Å². The Balaban J connectivity index is 2.14. The van der Waals surface area contributed by atoms with E-state index in [-0.39, 0.29) is 23.8 Å². The molecule has 60 valence electrons. The third-order valence-electron chi connectivity index (χ3n) is 2.22. The van der Waals surface area contributed by atoms with Crippen LogP contribution in [0, 0.1) is 5.92 Å². The van der Waals surface area contributed by atoms with Crippen LogP contribution in [0.2, 0.25) is 0 Å². The summed E-state index contributed by atoms with van der Waals surface area (Å²) in [5.41, 5.74) is 0. The Morgan fingerprint density at radius 2 is 2.64 bits per heavy atom.